The van der Waals surface area contributed by atoms with Gasteiger partial charge in [0, 0.05) is 26.2 Å². The quantitative estimate of drug-likeness (QED) is 0.760. The largest absolute Gasteiger partial charge is 0.481 e. The zero-order valence-electron chi connectivity index (χ0n) is 12.1. The molecule has 0 unspecified atom stereocenters. The molecular formula is C14H26N2O3. The molecule has 1 rings (SSSR count). The van der Waals surface area contributed by atoms with E-state index in [0.29, 0.717) is 19.0 Å². The Hall–Kier alpha value is -1.10. The van der Waals surface area contributed by atoms with Gasteiger partial charge in [-0.1, -0.05) is 13.8 Å². The van der Waals surface area contributed by atoms with Gasteiger partial charge in [-0.15, -0.1) is 0 Å². The average molecular weight is 270 g/mol. The number of likely N-dealkylation sites (tertiary alicyclic amines) is 1. The third-order valence-electron chi connectivity index (χ3n) is 3.33. The molecule has 0 aromatic carbocycles. The summed E-state index contributed by atoms with van der Waals surface area (Å²) in [5, 5.41) is 8.76. The van der Waals surface area contributed by atoms with Crippen molar-refractivity contribution < 1.29 is 14.7 Å². The molecule has 5 heteroatoms. The lowest BCUT2D eigenvalue weighted by Crippen LogP contribution is -2.44. The Balaban J connectivity index is 2.44. The van der Waals surface area contributed by atoms with E-state index in [9.17, 15) is 9.59 Å². The van der Waals surface area contributed by atoms with E-state index in [2.05, 4.69) is 13.8 Å². The predicted octanol–water partition coefficient (Wildman–Crippen LogP) is 1.43. The van der Waals surface area contributed by atoms with Crippen molar-refractivity contribution in [3.63, 3.8) is 0 Å². The summed E-state index contributed by atoms with van der Waals surface area (Å²) in [6, 6.07) is 0. The molecule has 0 spiro atoms. The fourth-order valence-corrected chi connectivity index (χ4v) is 2.44. The molecule has 1 aliphatic rings. The number of aliphatic carboxylic acids is 1. The van der Waals surface area contributed by atoms with Gasteiger partial charge in [-0.3, -0.25) is 14.5 Å². The minimum atomic E-state index is -0.806. The summed E-state index contributed by atoms with van der Waals surface area (Å²) >= 11 is 0. The van der Waals surface area contributed by atoms with E-state index in [1.807, 2.05) is 9.80 Å². The maximum atomic E-state index is 12.2. The van der Waals surface area contributed by atoms with Gasteiger partial charge in [0.1, 0.15) is 0 Å². The van der Waals surface area contributed by atoms with E-state index < -0.39 is 5.97 Å². The molecule has 110 valence electrons. The molecule has 19 heavy (non-hydrogen) atoms. The standard InChI is InChI=1S/C14H26N2O3/c1-12(2)10-15(9-6-14(18)19)11-13(17)16-7-4-3-5-8-16/h12H,3-11H2,1-2H3,(H,18,19). The first-order valence-corrected chi connectivity index (χ1v) is 7.21. The molecule has 1 heterocycles. The third-order valence-corrected chi connectivity index (χ3v) is 3.33. The van der Waals surface area contributed by atoms with E-state index in [4.69, 9.17) is 5.11 Å². The summed E-state index contributed by atoms with van der Waals surface area (Å²) in [7, 11) is 0. The van der Waals surface area contributed by atoms with Gasteiger partial charge in [0.2, 0.25) is 5.91 Å². The number of carbonyl (C=O) groups excluding carboxylic acids is 1. The van der Waals surface area contributed by atoms with Crippen molar-refractivity contribution in [2.45, 2.75) is 39.5 Å². The Kier molecular flexibility index (Phi) is 6.84. The highest BCUT2D eigenvalue weighted by atomic mass is 16.4. The van der Waals surface area contributed by atoms with Crippen molar-refractivity contribution in [3.05, 3.63) is 0 Å². The summed E-state index contributed by atoms with van der Waals surface area (Å²) in [4.78, 5) is 26.7. The molecule has 1 saturated heterocycles. The number of nitrogens with zero attached hydrogens (tertiary/aromatic N) is 2. The first kappa shape index (κ1) is 16.0. The molecule has 0 bridgehead atoms. The normalized spacial score (nSPS) is 16.1. The van der Waals surface area contributed by atoms with Gasteiger partial charge in [-0.05, 0) is 25.2 Å². The zero-order valence-corrected chi connectivity index (χ0v) is 12.1. The number of carboxylic acid groups (broad SMARTS) is 1. The van der Waals surface area contributed by atoms with Crippen LogP contribution >= 0.6 is 0 Å². The van der Waals surface area contributed by atoms with Gasteiger partial charge < -0.3 is 10.0 Å². The summed E-state index contributed by atoms with van der Waals surface area (Å²) < 4.78 is 0. The van der Waals surface area contributed by atoms with E-state index in [0.717, 1.165) is 32.5 Å². The minimum Gasteiger partial charge on any atom is -0.481 e. The van der Waals surface area contributed by atoms with Crippen LogP contribution in [0.1, 0.15) is 39.5 Å². The Bertz CT molecular complexity index is 299. The van der Waals surface area contributed by atoms with Crippen LogP contribution in [-0.2, 0) is 9.59 Å². The number of hydrogen-bond acceptors (Lipinski definition) is 3. The maximum Gasteiger partial charge on any atom is 0.304 e. The molecule has 0 saturated carbocycles. The number of rotatable bonds is 7. The molecule has 1 amide bonds. The highest BCUT2D eigenvalue weighted by molar-refractivity contribution is 5.78. The van der Waals surface area contributed by atoms with Gasteiger partial charge >= 0.3 is 5.97 Å². The second kappa shape index (κ2) is 8.15. The van der Waals surface area contributed by atoms with Crippen LogP contribution in [0.15, 0.2) is 0 Å². The van der Waals surface area contributed by atoms with E-state index in [-0.39, 0.29) is 12.3 Å². The first-order valence-electron chi connectivity index (χ1n) is 7.21. The number of hydrogen-bond donors (Lipinski definition) is 1. The van der Waals surface area contributed by atoms with Crippen molar-refractivity contribution in [3.8, 4) is 0 Å². The van der Waals surface area contributed by atoms with Gasteiger partial charge in [0.15, 0.2) is 0 Å². The molecule has 5 nitrogen and oxygen atoms in total. The van der Waals surface area contributed by atoms with Crippen LogP contribution in [0.25, 0.3) is 0 Å². The van der Waals surface area contributed by atoms with Crippen molar-refractivity contribution >= 4 is 11.9 Å². The van der Waals surface area contributed by atoms with Gasteiger partial charge in [-0.2, -0.15) is 0 Å². The lowest BCUT2D eigenvalue weighted by atomic mass is 10.1. The molecule has 0 radical (unpaired) electrons. The predicted molar refractivity (Wildman–Crippen MR) is 74.0 cm³/mol. The van der Waals surface area contributed by atoms with E-state index in [1.165, 1.54) is 6.42 Å². The smallest absolute Gasteiger partial charge is 0.304 e. The maximum absolute atomic E-state index is 12.2. The van der Waals surface area contributed by atoms with Crippen molar-refractivity contribution in [2.75, 3.05) is 32.7 Å². The average Bonchev–Trinajstić information content (AvgIpc) is 2.36. The lowest BCUT2D eigenvalue weighted by molar-refractivity contribution is -0.139. The monoisotopic (exact) mass is 270 g/mol. The van der Waals surface area contributed by atoms with Gasteiger partial charge in [-0.25, -0.2) is 0 Å². The summed E-state index contributed by atoms with van der Waals surface area (Å²) in [5.74, 6) is -0.229. The van der Waals surface area contributed by atoms with Crippen molar-refractivity contribution in [1.29, 1.82) is 0 Å². The topological polar surface area (TPSA) is 60.9 Å². The molecule has 0 aromatic heterocycles. The fourth-order valence-electron chi connectivity index (χ4n) is 2.44. The Labute approximate surface area is 115 Å². The molecule has 0 atom stereocenters. The van der Waals surface area contributed by atoms with E-state index in [1.54, 1.807) is 0 Å². The summed E-state index contributed by atoms with van der Waals surface area (Å²) in [6.07, 6.45) is 3.48. The van der Waals surface area contributed by atoms with Crippen molar-refractivity contribution in [2.24, 2.45) is 5.92 Å². The first-order chi connectivity index (χ1) is 8.99. The Morgan fingerprint density at radius 2 is 1.84 bits per heavy atom. The van der Waals surface area contributed by atoms with Crippen molar-refractivity contribution in [1.82, 2.24) is 9.80 Å². The van der Waals surface area contributed by atoms with Crippen LogP contribution in [0.5, 0.6) is 0 Å². The van der Waals surface area contributed by atoms with Crippen LogP contribution in [0.3, 0.4) is 0 Å². The number of amides is 1. The molecule has 1 aliphatic heterocycles. The fraction of sp³-hybridized carbons (Fsp3) is 0.857. The van der Waals surface area contributed by atoms with E-state index >= 15 is 0 Å². The SMILES string of the molecule is CC(C)CN(CCC(=O)O)CC(=O)N1CCCCC1. The molecule has 0 aromatic rings. The van der Waals surface area contributed by atoms with Crippen LogP contribution in [0.2, 0.25) is 0 Å². The van der Waals surface area contributed by atoms with Crippen LogP contribution in [0, 0.1) is 5.92 Å². The lowest BCUT2D eigenvalue weighted by Gasteiger charge is -2.30. The van der Waals surface area contributed by atoms with Crippen LogP contribution < -0.4 is 0 Å². The molecule has 1 fully saturated rings. The second-order valence-corrected chi connectivity index (χ2v) is 5.71. The van der Waals surface area contributed by atoms with Crippen LogP contribution in [0.4, 0.5) is 0 Å². The minimum absolute atomic E-state index is 0.0972. The highest BCUT2D eigenvalue weighted by Crippen LogP contribution is 2.10. The third kappa shape index (κ3) is 6.57. The second-order valence-electron chi connectivity index (χ2n) is 5.71. The Morgan fingerprint density at radius 3 is 2.37 bits per heavy atom. The molecular weight excluding hydrogens is 244 g/mol. The number of carboxylic acids is 1. The number of carbonyl (C=O) groups is 2. The Morgan fingerprint density at radius 1 is 1.21 bits per heavy atom. The zero-order chi connectivity index (χ0) is 14.3. The van der Waals surface area contributed by atoms with Gasteiger partial charge in [0.25, 0.3) is 0 Å². The molecule has 0 aliphatic carbocycles. The highest BCUT2D eigenvalue weighted by Gasteiger charge is 2.20. The molecule has 1 N–H and O–H groups in total. The summed E-state index contributed by atoms with van der Waals surface area (Å²) in [6.45, 7) is 7.45. The van der Waals surface area contributed by atoms with Gasteiger partial charge in [0.05, 0.1) is 13.0 Å². The summed E-state index contributed by atoms with van der Waals surface area (Å²) in [5.41, 5.74) is 0. The number of piperidine rings is 1. The van der Waals surface area contributed by atoms with Crippen LogP contribution in [-0.4, -0.2) is 59.5 Å².